The molecular weight excluding hydrogens is 448 g/mol. The average Bonchev–Trinajstić information content (AvgIpc) is 2.82. The van der Waals surface area contributed by atoms with Crippen LogP contribution in [-0.2, 0) is 10.1 Å². The quantitative estimate of drug-likeness (QED) is 0.438. The van der Waals surface area contributed by atoms with Crippen LogP contribution in [0.15, 0.2) is 65.6 Å². The zero-order chi connectivity index (χ0) is 24.7. The van der Waals surface area contributed by atoms with Crippen molar-refractivity contribution in [2.75, 3.05) is 44.7 Å². The number of fused-ring (bicyclic) bond motifs is 1. The first kappa shape index (κ1) is 25.7. The minimum absolute atomic E-state index is 0.0126. The van der Waals surface area contributed by atoms with Crippen LogP contribution in [-0.4, -0.2) is 62.8 Å². The molecule has 1 fully saturated rings. The maximum atomic E-state index is 10.5. The molecule has 0 spiro atoms. The van der Waals surface area contributed by atoms with Gasteiger partial charge in [-0.1, -0.05) is 47.7 Å². The summed E-state index contributed by atoms with van der Waals surface area (Å²) >= 11 is 0. The maximum absolute atomic E-state index is 10.5. The highest BCUT2D eigenvalue weighted by Crippen LogP contribution is 2.28. The van der Waals surface area contributed by atoms with Crippen LogP contribution in [0.2, 0.25) is 0 Å². The van der Waals surface area contributed by atoms with Crippen molar-refractivity contribution in [3.05, 3.63) is 71.8 Å². The molecule has 180 valence electrons. The minimum atomic E-state index is -4.02. The first-order valence-corrected chi connectivity index (χ1v) is 12.7. The molecule has 3 aromatic rings. The molecule has 1 saturated heterocycles. The number of hydrogen-bond acceptors (Lipinski definition) is 5. The summed E-state index contributed by atoms with van der Waals surface area (Å²) in [5.74, 6) is 6.30. The maximum Gasteiger partial charge on any atom is 0.294 e. The van der Waals surface area contributed by atoms with Crippen LogP contribution in [0.4, 0.5) is 5.69 Å². The number of nitrogens with zero attached hydrogens (tertiary/aromatic N) is 2. The van der Waals surface area contributed by atoms with E-state index in [4.69, 9.17) is 9.66 Å². The zero-order valence-corrected chi connectivity index (χ0v) is 20.7. The minimum Gasteiger partial charge on any atom is -0.395 e. The second-order valence-corrected chi connectivity index (χ2v) is 10.1. The lowest BCUT2D eigenvalue weighted by molar-refractivity contribution is 0.266. The fraction of sp³-hybridized carbons (Fsp3) is 0.333. The summed E-state index contributed by atoms with van der Waals surface area (Å²) in [6.07, 6.45) is 0. The molecule has 0 bridgehead atoms. The Balaban J connectivity index is 0.000000248. The van der Waals surface area contributed by atoms with Gasteiger partial charge in [-0.2, -0.15) is 8.42 Å². The van der Waals surface area contributed by atoms with E-state index in [1.165, 1.54) is 28.6 Å². The van der Waals surface area contributed by atoms with E-state index in [-0.39, 0.29) is 17.4 Å². The molecule has 0 aliphatic carbocycles. The van der Waals surface area contributed by atoms with E-state index in [2.05, 4.69) is 65.1 Å². The smallest absolute Gasteiger partial charge is 0.294 e. The molecule has 1 atom stereocenters. The molecule has 1 heterocycles. The molecule has 3 aromatic carbocycles. The van der Waals surface area contributed by atoms with Crippen LogP contribution < -0.4 is 4.90 Å². The van der Waals surface area contributed by atoms with Crippen molar-refractivity contribution < 1.29 is 18.1 Å². The van der Waals surface area contributed by atoms with Crippen LogP contribution in [0.25, 0.3) is 10.8 Å². The Morgan fingerprint density at radius 1 is 1.00 bits per heavy atom. The van der Waals surface area contributed by atoms with Gasteiger partial charge in [0, 0.05) is 48.7 Å². The fourth-order valence-corrected chi connectivity index (χ4v) is 4.10. The average molecular weight is 481 g/mol. The number of aliphatic hydroxyl groups is 1. The SMILES string of the molecule is CC(C#Cc1ccc2cccc(N3CCN(C)CC3)c2c1)CO.Cc1ccc(S(=O)(=O)O)cc1. The van der Waals surface area contributed by atoms with Crippen LogP contribution in [0.5, 0.6) is 0 Å². The van der Waals surface area contributed by atoms with E-state index in [1.54, 1.807) is 12.1 Å². The van der Waals surface area contributed by atoms with E-state index in [0.717, 1.165) is 37.3 Å². The van der Waals surface area contributed by atoms with Gasteiger partial charge < -0.3 is 14.9 Å². The van der Waals surface area contributed by atoms with Gasteiger partial charge in [0.25, 0.3) is 10.1 Å². The van der Waals surface area contributed by atoms with E-state index >= 15 is 0 Å². The van der Waals surface area contributed by atoms with Crippen LogP contribution in [0, 0.1) is 24.7 Å². The summed E-state index contributed by atoms with van der Waals surface area (Å²) in [7, 11) is -1.84. The highest BCUT2D eigenvalue weighted by molar-refractivity contribution is 7.85. The van der Waals surface area contributed by atoms with Crippen molar-refractivity contribution in [2.24, 2.45) is 5.92 Å². The Morgan fingerprint density at radius 2 is 1.68 bits per heavy atom. The number of anilines is 1. The van der Waals surface area contributed by atoms with Gasteiger partial charge in [0.2, 0.25) is 0 Å². The molecule has 1 aliphatic rings. The van der Waals surface area contributed by atoms with E-state index in [0.29, 0.717) is 0 Å². The summed E-state index contributed by atoms with van der Waals surface area (Å²) in [6.45, 7) is 8.21. The molecule has 0 radical (unpaired) electrons. The first-order valence-electron chi connectivity index (χ1n) is 11.3. The van der Waals surface area contributed by atoms with Crippen molar-refractivity contribution in [2.45, 2.75) is 18.7 Å². The van der Waals surface area contributed by atoms with Gasteiger partial charge in [-0.3, -0.25) is 4.55 Å². The lowest BCUT2D eigenvalue weighted by Crippen LogP contribution is -2.44. The Morgan fingerprint density at radius 3 is 2.29 bits per heavy atom. The largest absolute Gasteiger partial charge is 0.395 e. The molecule has 6 nitrogen and oxygen atoms in total. The molecule has 0 aromatic heterocycles. The summed E-state index contributed by atoms with van der Waals surface area (Å²) in [4.78, 5) is 4.77. The third-order valence-electron chi connectivity index (χ3n) is 5.76. The highest BCUT2D eigenvalue weighted by Gasteiger charge is 2.16. The van der Waals surface area contributed by atoms with Crippen molar-refractivity contribution in [3.8, 4) is 11.8 Å². The van der Waals surface area contributed by atoms with Crippen molar-refractivity contribution in [1.82, 2.24) is 4.90 Å². The topological polar surface area (TPSA) is 81.1 Å². The standard InChI is InChI=1S/C20H24N2O.C7H8O3S/c1-16(15-23)6-7-17-8-9-18-4-3-5-20(19(18)14-17)22-12-10-21(2)11-13-22;1-6-2-4-7(5-3-6)11(8,9)10/h3-5,8-9,14,16,23H,10-13,15H2,1-2H3;2-5H,1H3,(H,8,9,10). The van der Waals surface area contributed by atoms with Crippen molar-refractivity contribution in [3.63, 3.8) is 0 Å². The monoisotopic (exact) mass is 480 g/mol. The molecule has 0 amide bonds. The molecule has 7 heteroatoms. The van der Waals surface area contributed by atoms with Gasteiger partial charge in [-0.15, -0.1) is 0 Å². The van der Waals surface area contributed by atoms with Gasteiger partial charge in [0.15, 0.2) is 0 Å². The Hall–Kier alpha value is -2.89. The summed E-state index contributed by atoms with van der Waals surface area (Å²) in [5, 5.41) is 11.6. The predicted molar refractivity (Wildman–Crippen MR) is 138 cm³/mol. The normalized spacial score (nSPS) is 15.1. The first-order chi connectivity index (χ1) is 16.2. The van der Waals surface area contributed by atoms with Gasteiger partial charge in [0.05, 0.1) is 11.5 Å². The van der Waals surface area contributed by atoms with Gasteiger partial charge in [-0.05, 0) is 56.6 Å². The number of hydrogen-bond donors (Lipinski definition) is 2. The number of piperazine rings is 1. The molecule has 0 saturated carbocycles. The fourth-order valence-electron chi connectivity index (χ4n) is 3.62. The summed E-state index contributed by atoms with van der Waals surface area (Å²) in [5.41, 5.74) is 3.27. The van der Waals surface area contributed by atoms with Gasteiger partial charge in [0.1, 0.15) is 0 Å². The summed E-state index contributed by atoms with van der Waals surface area (Å²) < 4.78 is 29.6. The van der Waals surface area contributed by atoms with E-state index in [9.17, 15) is 8.42 Å². The number of benzene rings is 3. The highest BCUT2D eigenvalue weighted by atomic mass is 32.2. The number of rotatable bonds is 3. The molecule has 4 rings (SSSR count). The lowest BCUT2D eigenvalue weighted by atomic mass is 10.0. The Bertz CT molecular complexity index is 1270. The Labute approximate surface area is 202 Å². The van der Waals surface area contributed by atoms with Gasteiger partial charge in [-0.25, -0.2) is 0 Å². The third kappa shape index (κ3) is 7.05. The second kappa shape index (κ2) is 11.5. The van der Waals surface area contributed by atoms with E-state index in [1.807, 2.05) is 13.8 Å². The Kier molecular flexibility index (Phi) is 8.70. The third-order valence-corrected chi connectivity index (χ3v) is 6.63. The predicted octanol–water partition coefficient (Wildman–Crippen LogP) is 3.81. The second-order valence-electron chi connectivity index (χ2n) is 8.64. The van der Waals surface area contributed by atoms with Crippen LogP contribution >= 0.6 is 0 Å². The summed E-state index contributed by atoms with van der Waals surface area (Å²) in [6, 6.07) is 18.9. The molecule has 1 aliphatic heterocycles. The molecule has 2 N–H and O–H groups in total. The molecule has 34 heavy (non-hydrogen) atoms. The van der Waals surface area contributed by atoms with Gasteiger partial charge >= 0.3 is 0 Å². The van der Waals surface area contributed by atoms with Crippen molar-refractivity contribution >= 4 is 26.6 Å². The van der Waals surface area contributed by atoms with Crippen LogP contribution in [0.3, 0.4) is 0 Å². The number of aryl methyl sites for hydroxylation is 1. The molecular formula is C27H32N2O4S. The number of likely N-dealkylation sites (N-methyl/N-ethyl adjacent to an activating group) is 1. The van der Waals surface area contributed by atoms with E-state index < -0.39 is 10.1 Å². The number of aliphatic hydroxyl groups excluding tert-OH is 1. The van der Waals surface area contributed by atoms with Crippen molar-refractivity contribution in [1.29, 1.82) is 0 Å². The lowest BCUT2D eigenvalue weighted by Gasteiger charge is -2.34. The molecule has 1 unspecified atom stereocenters. The zero-order valence-electron chi connectivity index (χ0n) is 19.9. The van der Waals surface area contributed by atoms with Crippen LogP contribution in [0.1, 0.15) is 18.1 Å².